The summed E-state index contributed by atoms with van der Waals surface area (Å²) in [4.78, 5) is 31.7. The molecule has 194 valence electrons. The molecular formula is C28H29FN2O5S. The Balaban J connectivity index is 1.35. The number of carbonyl (C=O) groups excluding carboxylic acids is 2. The largest absolute Gasteiger partial charge is 0.488 e. The van der Waals surface area contributed by atoms with E-state index < -0.39 is 5.82 Å². The van der Waals surface area contributed by atoms with Crippen LogP contribution >= 0.6 is 11.3 Å². The quantitative estimate of drug-likeness (QED) is 0.419. The second-order valence-electron chi connectivity index (χ2n) is 9.54. The minimum absolute atomic E-state index is 0.0683. The van der Waals surface area contributed by atoms with Crippen LogP contribution in [-0.4, -0.2) is 54.6 Å². The van der Waals surface area contributed by atoms with E-state index in [-0.39, 0.29) is 49.5 Å². The van der Waals surface area contributed by atoms with Crippen molar-refractivity contribution in [2.45, 2.75) is 26.3 Å². The average molecular weight is 525 g/mol. The number of ether oxygens (including phenoxy) is 3. The van der Waals surface area contributed by atoms with Crippen LogP contribution in [0, 0.1) is 11.7 Å². The first-order valence-corrected chi connectivity index (χ1v) is 13.2. The van der Waals surface area contributed by atoms with Crippen molar-refractivity contribution >= 4 is 23.2 Å². The van der Waals surface area contributed by atoms with Crippen molar-refractivity contribution in [3.8, 4) is 17.2 Å². The molecule has 0 fully saturated rings. The Labute approximate surface area is 219 Å². The van der Waals surface area contributed by atoms with Gasteiger partial charge in [0.25, 0.3) is 5.91 Å². The Morgan fingerprint density at radius 3 is 2.78 bits per heavy atom. The number of benzene rings is 2. The fraction of sp³-hybridized carbons (Fsp3) is 0.357. The van der Waals surface area contributed by atoms with Crippen LogP contribution in [-0.2, 0) is 11.2 Å². The molecule has 5 rings (SSSR count). The number of rotatable bonds is 8. The van der Waals surface area contributed by atoms with Gasteiger partial charge < -0.3 is 24.0 Å². The number of hydrogen-bond donors (Lipinski definition) is 0. The molecule has 1 unspecified atom stereocenters. The monoisotopic (exact) mass is 524 g/mol. The van der Waals surface area contributed by atoms with Crippen molar-refractivity contribution in [3.05, 3.63) is 75.7 Å². The molecule has 1 aromatic heterocycles. The Morgan fingerprint density at radius 2 is 1.97 bits per heavy atom. The number of amides is 2. The minimum Gasteiger partial charge on any atom is -0.488 e. The minimum atomic E-state index is -0.445. The second-order valence-corrected chi connectivity index (χ2v) is 10.5. The molecule has 0 saturated carbocycles. The van der Waals surface area contributed by atoms with E-state index in [2.05, 4.69) is 0 Å². The number of fused-ring (bicyclic) bond motifs is 2. The van der Waals surface area contributed by atoms with Crippen LogP contribution < -0.4 is 14.2 Å². The fourth-order valence-electron chi connectivity index (χ4n) is 4.73. The van der Waals surface area contributed by atoms with Gasteiger partial charge in [-0.1, -0.05) is 26.0 Å². The zero-order valence-electron chi connectivity index (χ0n) is 20.8. The Morgan fingerprint density at radius 1 is 1.16 bits per heavy atom. The first-order chi connectivity index (χ1) is 17.9. The molecule has 0 aliphatic carbocycles. The first-order valence-electron chi connectivity index (χ1n) is 12.3. The van der Waals surface area contributed by atoms with Gasteiger partial charge in [-0.25, -0.2) is 4.39 Å². The molecule has 3 aromatic rings. The molecule has 0 N–H and O–H groups in total. The van der Waals surface area contributed by atoms with Gasteiger partial charge in [0.2, 0.25) is 12.7 Å². The summed E-state index contributed by atoms with van der Waals surface area (Å²) in [6, 6.07) is 12.9. The molecular weight excluding hydrogens is 495 g/mol. The lowest BCUT2D eigenvalue weighted by molar-refractivity contribution is -0.135. The fourth-order valence-corrected chi connectivity index (χ4v) is 5.66. The van der Waals surface area contributed by atoms with Crippen LogP contribution in [0.4, 0.5) is 4.39 Å². The van der Waals surface area contributed by atoms with E-state index in [4.69, 9.17) is 14.2 Å². The predicted molar refractivity (Wildman–Crippen MR) is 138 cm³/mol. The van der Waals surface area contributed by atoms with E-state index in [0.29, 0.717) is 30.2 Å². The molecule has 0 radical (unpaired) electrons. The van der Waals surface area contributed by atoms with Gasteiger partial charge in [-0.05, 0) is 59.7 Å². The number of hydrogen-bond acceptors (Lipinski definition) is 6. The molecule has 2 aliphatic rings. The average Bonchev–Trinajstić information content (AvgIpc) is 3.56. The van der Waals surface area contributed by atoms with E-state index in [1.807, 2.05) is 25.3 Å². The van der Waals surface area contributed by atoms with Gasteiger partial charge in [0.1, 0.15) is 13.2 Å². The lowest BCUT2D eigenvalue weighted by Gasteiger charge is -2.37. The van der Waals surface area contributed by atoms with Crippen LogP contribution in [0.1, 0.15) is 40.7 Å². The van der Waals surface area contributed by atoms with Crippen molar-refractivity contribution < 1.29 is 28.2 Å². The van der Waals surface area contributed by atoms with Gasteiger partial charge in [-0.2, -0.15) is 0 Å². The summed E-state index contributed by atoms with van der Waals surface area (Å²) in [7, 11) is 0. The Kier molecular flexibility index (Phi) is 7.32. The summed E-state index contributed by atoms with van der Waals surface area (Å²) < 4.78 is 30.8. The molecule has 0 saturated heterocycles. The highest BCUT2D eigenvalue weighted by atomic mass is 32.1. The summed E-state index contributed by atoms with van der Waals surface area (Å²) in [5.74, 6) is 0.571. The number of carbonyl (C=O) groups is 2. The standard InChI is InChI=1S/C28H29FN2O5S/c1-18(2)14-30(28(33)19-7-8-24-25(13-19)36-17-35-24)15-27(32)31-11-9-26-20(10-12-37-26)22(31)16-34-23-6-4-3-5-21(23)29/h3-8,10,12-13,18,22H,9,11,14-17H2,1-2H3. The van der Waals surface area contributed by atoms with Crippen LogP contribution in [0.25, 0.3) is 0 Å². The second kappa shape index (κ2) is 10.8. The summed E-state index contributed by atoms with van der Waals surface area (Å²) in [6.45, 7) is 5.12. The maximum absolute atomic E-state index is 14.2. The number of thiophene rings is 1. The maximum Gasteiger partial charge on any atom is 0.254 e. The van der Waals surface area contributed by atoms with E-state index >= 15 is 0 Å². The van der Waals surface area contributed by atoms with E-state index in [1.54, 1.807) is 57.5 Å². The first kappa shape index (κ1) is 25.1. The highest BCUT2D eigenvalue weighted by Gasteiger charge is 2.34. The molecule has 7 nitrogen and oxygen atoms in total. The normalized spacial score (nSPS) is 16.0. The number of halogens is 1. The van der Waals surface area contributed by atoms with Gasteiger partial charge in [0, 0.05) is 23.5 Å². The lowest BCUT2D eigenvalue weighted by Crippen LogP contribution is -2.48. The van der Waals surface area contributed by atoms with E-state index in [9.17, 15) is 14.0 Å². The molecule has 0 bridgehead atoms. The summed E-state index contributed by atoms with van der Waals surface area (Å²) in [6.07, 6.45) is 0.731. The van der Waals surface area contributed by atoms with Crippen molar-refractivity contribution in [1.29, 1.82) is 0 Å². The van der Waals surface area contributed by atoms with Crippen molar-refractivity contribution in [2.24, 2.45) is 5.92 Å². The highest BCUT2D eigenvalue weighted by molar-refractivity contribution is 7.10. The third-order valence-corrected chi connectivity index (χ3v) is 7.46. The summed E-state index contributed by atoms with van der Waals surface area (Å²) in [5.41, 5.74) is 1.45. The molecule has 2 amide bonds. The topological polar surface area (TPSA) is 68.3 Å². The van der Waals surface area contributed by atoms with Gasteiger partial charge in [0.05, 0.1) is 6.04 Å². The summed E-state index contributed by atoms with van der Waals surface area (Å²) in [5, 5.41) is 2.00. The predicted octanol–water partition coefficient (Wildman–Crippen LogP) is 4.92. The van der Waals surface area contributed by atoms with Crippen LogP contribution in [0.15, 0.2) is 53.9 Å². The van der Waals surface area contributed by atoms with Crippen LogP contribution in [0.2, 0.25) is 0 Å². The van der Waals surface area contributed by atoms with Gasteiger partial charge in [-0.3, -0.25) is 9.59 Å². The molecule has 0 spiro atoms. The molecule has 3 heterocycles. The lowest BCUT2D eigenvalue weighted by atomic mass is 10.00. The van der Waals surface area contributed by atoms with E-state index in [1.165, 1.54) is 10.9 Å². The van der Waals surface area contributed by atoms with Crippen LogP contribution in [0.3, 0.4) is 0 Å². The molecule has 2 aliphatic heterocycles. The Bertz CT molecular complexity index is 1290. The smallest absolute Gasteiger partial charge is 0.254 e. The van der Waals surface area contributed by atoms with Gasteiger partial charge >= 0.3 is 0 Å². The third-order valence-electron chi connectivity index (χ3n) is 6.47. The SMILES string of the molecule is CC(C)CN(CC(=O)N1CCc2sccc2C1COc1ccccc1F)C(=O)c1ccc2c(c1)OCO2. The zero-order chi connectivity index (χ0) is 25.9. The molecule has 9 heteroatoms. The molecule has 2 aromatic carbocycles. The number of nitrogens with zero attached hydrogens (tertiary/aromatic N) is 2. The van der Waals surface area contributed by atoms with E-state index in [0.717, 1.165) is 12.0 Å². The maximum atomic E-state index is 14.2. The van der Waals surface area contributed by atoms with Crippen molar-refractivity contribution in [3.63, 3.8) is 0 Å². The molecule has 37 heavy (non-hydrogen) atoms. The van der Waals surface area contributed by atoms with Gasteiger partial charge in [0.15, 0.2) is 23.1 Å². The third kappa shape index (κ3) is 5.41. The summed E-state index contributed by atoms with van der Waals surface area (Å²) >= 11 is 1.65. The highest BCUT2D eigenvalue weighted by Crippen LogP contribution is 2.35. The van der Waals surface area contributed by atoms with Gasteiger partial charge in [-0.15, -0.1) is 11.3 Å². The Hall–Kier alpha value is -3.59. The van der Waals surface area contributed by atoms with Crippen molar-refractivity contribution in [2.75, 3.05) is 33.0 Å². The van der Waals surface area contributed by atoms with Crippen molar-refractivity contribution in [1.82, 2.24) is 9.80 Å². The molecule has 1 atom stereocenters. The zero-order valence-corrected chi connectivity index (χ0v) is 21.6. The number of para-hydroxylation sites is 1. The van der Waals surface area contributed by atoms with Crippen LogP contribution in [0.5, 0.6) is 17.2 Å².